The molecule has 2 amide bonds. The van der Waals surface area contributed by atoms with Gasteiger partial charge in [0.2, 0.25) is 21.8 Å². The third kappa shape index (κ3) is 5.40. The van der Waals surface area contributed by atoms with E-state index in [2.05, 4.69) is 5.32 Å². The first kappa shape index (κ1) is 25.7. The maximum absolute atomic E-state index is 13.3. The number of carbonyl (C=O) groups is 2. The molecular formula is C25H31N3O5S2. The van der Waals surface area contributed by atoms with E-state index in [0.717, 1.165) is 27.3 Å². The smallest absolute Gasteiger partial charge is 0.244 e. The van der Waals surface area contributed by atoms with Crippen molar-refractivity contribution in [2.24, 2.45) is 5.92 Å². The number of hydrogen-bond donors (Lipinski definition) is 1. The van der Waals surface area contributed by atoms with Crippen LogP contribution in [0.1, 0.15) is 23.6 Å². The van der Waals surface area contributed by atoms with Crippen molar-refractivity contribution in [1.82, 2.24) is 4.31 Å². The lowest BCUT2D eigenvalue weighted by atomic mass is 10.1. The number of carbonyl (C=O) groups excluding carboxylic acids is 2. The monoisotopic (exact) mass is 517 g/mol. The number of rotatable bonds is 5. The number of hydrogen-bond acceptors (Lipinski definition) is 6. The number of fused-ring (bicyclic) bond motifs is 1. The van der Waals surface area contributed by atoms with Gasteiger partial charge in [0.1, 0.15) is 6.54 Å². The van der Waals surface area contributed by atoms with Gasteiger partial charge < -0.3 is 15.0 Å². The summed E-state index contributed by atoms with van der Waals surface area (Å²) in [5.74, 6) is -0.303. The summed E-state index contributed by atoms with van der Waals surface area (Å²) in [5, 5.41) is 2.96. The molecule has 8 nitrogen and oxygen atoms in total. The number of anilines is 2. The summed E-state index contributed by atoms with van der Waals surface area (Å²) in [6, 6.07) is 8.83. The Labute approximate surface area is 211 Å². The molecule has 0 aliphatic carbocycles. The van der Waals surface area contributed by atoms with Crippen LogP contribution in [0.25, 0.3) is 0 Å². The minimum atomic E-state index is -3.75. The third-order valence-corrected chi connectivity index (χ3v) is 9.47. The molecule has 2 aliphatic rings. The second-order valence-electron chi connectivity index (χ2n) is 9.10. The lowest BCUT2D eigenvalue weighted by molar-refractivity contribution is -0.123. The van der Waals surface area contributed by atoms with Gasteiger partial charge in [0, 0.05) is 35.3 Å². The summed E-state index contributed by atoms with van der Waals surface area (Å²) < 4.78 is 33.2. The second-order valence-corrected chi connectivity index (χ2v) is 12.1. The first-order valence-corrected chi connectivity index (χ1v) is 14.0. The van der Waals surface area contributed by atoms with E-state index in [9.17, 15) is 18.0 Å². The fourth-order valence-electron chi connectivity index (χ4n) is 4.46. The van der Waals surface area contributed by atoms with Crippen LogP contribution in [0, 0.1) is 26.7 Å². The van der Waals surface area contributed by atoms with Gasteiger partial charge in [-0.2, -0.15) is 4.31 Å². The van der Waals surface area contributed by atoms with Gasteiger partial charge in [0.15, 0.2) is 0 Å². The van der Waals surface area contributed by atoms with Crippen LogP contribution in [0.15, 0.2) is 40.1 Å². The molecule has 1 N–H and O–H groups in total. The topological polar surface area (TPSA) is 96.0 Å². The molecule has 2 aliphatic heterocycles. The molecule has 2 heterocycles. The van der Waals surface area contributed by atoms with Crippen molar-refractivity contribution in [3.05, 3.63) is 47.0 Å². The van der Waals surface area contributed by atoms with Crippen LogP contribution in [0.2, 0.25) is 0 Å². The van der Waals surface area contributed by atoms with E-state index in [1.807, 2.05) is 39.8 Å². The molecule has 0 saturated carbocycles. The van der Waals surface area contributed by atoms with Crippen molar-refractivity contribution in [1.29, 1.82) is 0 Å². The van der Waals surface area contributed by atoms with Crippen molar-refractivity contribution in [2.45, 2.75) is 37.5 Å². The molecule has 35 heavy (non-hydrogen) atoms. The van der Waals surface area contributed by atoms with Gasteiger partial charge in [-0.15, -0.1) is 11.8 Å². The molecule has 0 radical (unpaired) electrons. The highest BCUT2D eigenvalue weighted by Gasteiger charge is 2.33. The molecule has 10 heteroatoms. The fourth-order valence-corrected chi connectivity index (χ4v) is 6.94. The Kier molecular flexibility index (Phi) is 7.56. The van der Waals surface area contributed by atoms with Gasteiger partial charge >= 0.3 is 0 Å². The highest BCUT2D eigenvalue weighted by Crippen LogP contribution is 2.38. The predicted octanol–water partition coefficient (Wildman–Crippen LogP) is 3.35. The van der Waals surface area contributed by atoms with Crippen LogP contribution in [-0.4, -0.2) is 63.1 Å². The number of nitrogens with one attached hydrogen (secondary N) is 1. The molecule has 1 atom stereocenters. The maximum atomic E-state index is 13.3. The van der Waals surface area contributed by atoms with Gasteiger partial charge in [-0.1, -0.05) is 24.6 Å². The van der Waals surface area contributed by atoms with E-state index in [0.29, 0.717) is 24.7 Å². The van der Waals surface area contributed by atoms with Crippen LogP contribution in [0.4, 0.5) is 11.4 Å². The van der Waals surface area contributed by atoms with Crippen LogP contribution < -0.4 is 10.2 Å². The molecule has 2 aromatic carbocycles. The minimum Gasteiger partial charge on any atom is -0.379 e. The van der Waals surface area contributed by atoms with Crippen molar-refractivity contribution < 1.29 is 22.7 Å². The number of morpholine rings is 1. The Bertz CT molecular complexity index is 1230. The highest BCUT2D eigenvalue weighted by atomic mass is 32.2. The average molecular weight is 518 g/mol. The Morgan fingerprint density at radius 1 is 1.11 bits per heavy atom. The maximum Gasteiger partial charge on any atom is 0.244 e. The molecule has 0 unspecified atom stereocenters. The predicted molar refractivity (Wildman–Crippen MR) is 138 cm³/mol. The number of nitrogens with zero attached hydrogens (tertiary/aromatic N) is 2. The molecule has 1 saturated heterocycles. The number of sulfonamides is 1. The quantitative estimate of drug-likeness (QED) is 0.654. The zero-order valence-corrected chi connectivity index (χ0v) is 22.1. The number of ether oxygens (including phenoxy) is 1. The average Bonchev–Trinajstić information content (AvgIpc) is 2.93. The Balaban J connectivity index is 1.66. The van der Waals surface area contributed by atoms with Crippen molar-refractivity contribution in [2.75, 3.05) is 48.8 Å². The van der Waals surface area contributed by atoms with Crippen LogP contribution >= 0.6 is 11.8 Å². The minimum absolute atomic E-state index is 0.108. The summed E-state index contributed by atoms with van der Waals surface area (Å²) in [6.07, 6.45) is 0. The highest BCUT2D eigenvalue weighted by molar-refractivity contribution is 7.99. The van der Waals surface area contributed by atoms with E-state index in [1.165, 1.54) is 27.0 Å². The van der Waals surface area contributed by atoms with Crippen LogP contribution in [0.3, 0.4) is 0 Å². The van der Waals surface area contributed by atoms with E-state index in [4.69, 9.17) is 4.74 Å². The third-order valence-electron chi connectivity index (χ3n) is 6.25. The summed E-state index contributed by atoms with van der Waals surface area (Å²) in [5.41, 5.74) is 4.18. The molecule has 2 aromatic rings. The van der Waals surface area contributed by atoms with Crippen molar-refractivity contribution >= 4 is 45.0 Å². The van der Waals surface area contributed by atoms with E-state index < -0.39 is 10.0 Å². The summed E-state index contributed by atoms with van der Waals surface area (Å²) in [7, 11) is -3.75. The Morgan fingerprint density at radius 2 is 1.77 bits per heavy atom. The van der Waals surface area contributed by atoms with Gasteiger partial charge in [-0.25, -0.2) is 8.42 Å². The summed E-state index contributed by atoms with van der Waals surface area (Å²) in [4.78, 5) is 28.7. The largest absolute Gasteiger partial charge is 0.379 e. The number of aryl methyl sites for hydroxylation is 3. The van der Waals surface area contributed by atoms with Crippen molar-refractivity contribution in [3.8, 4) is 0 Å². The van der Waals surface area contributed by atoms with Crippen LogP contribution in [-0.2, 0) is 24.3 Å². The normalized spacial score (nSPS) is 19.3. The first-order valence-electron chi connectivity index (χ1n) is 11.6. The molecule has 4 rings (SSSR count). The summed E-state index contributed by atoms with van der Waals surface area (Å²) >= 11 is 1.49. The SMILES string of the molecule is Cc1cc(C)c(NC(=O)CN2C(=O)[C@H](C)CSc3ccc(S(=O)(=O)N4CCOCC4)cc32)c(C)c1. The zero-order valence-electron chi connectivity index (χ0n) is 20.5. The second kappa shape index (κ2) is 10.3. The number of thioether (sulfide) groups is 1. The molecule has 1 fully saturated rings. The molecular weight excluding hydrogens is 486 g/mol. The van der Waals surface area contributed by atoms with Gasteiger partial charge in [-0.3, -0.25) is 9.59 Å². The lowest BCUT2D eigenvalue weighted by Gasteiger charge is -2.28. The van der Waals surface area contributed by atoms with Gasteiger partial charge in [0.05, 0.1) is 23.8 Å². The standard InChI is InChI=1S/C25H31N3O5S2/c1-16-11-17(2)24(18(3)12-16)26-23(29)14-28-21-13-20(35(31,32)27-7-9-33-10-8-27)5-6-22(21)34-15-19(4)25(28)30/h5-6,11-13,19H,7-10,14-15H2,1-4H3,(H,26,29)/t19-/m1/s1. The van der Waals surface area contributed by atoms with E-state index in [-0.39, 0.29) is 42.3 Å². The van der Waals surface area contributed by atoms with E-state index >= 15 is 0 Å². The Hall–Kier alpha value is -2.40. The molecule has 0 spiro atoms. The van der Waals surface area contributed by atoms with Crippen LogP contribution in [0.5, 0.6) is 0 Å². The number of benzene rings is 2. The van der Waals surface area contributed by atoms with Gasteiger partial charge in [0.25, 0.3) is 0 Å². The number of amides is 2. The lowest BCUT2D eigenvalue weighted by Crippen LogP contribution is -2.42. The fraction of sp³-hybridized carbons (Fsp3) is 0.440. The van der Waals surface area contributed by atoms with Gasteiger partial charge in [-0.05, 0) is 50.1 Å². The molecule has 188 valence electrons. The first-order chi connectivity index (χ1) is 16.6. The zero-order chi connectivity index (χ0) is 25.3. The Morgan fingerprint density at radius 3 is 2.43 bits per heavy atom. The molecule has 0 bridgehead atoms. The summed E-state index contributed by atoms with van der Waals surface area (Å²) in [6.45, 7) is 8.75. The molecule has 0 aromatic heterocycles. The van der Waals surface area contributed by atoms with E-state index in [1.54, 1.807) is 12.1 Å². The van der Waals surface area contributed by atoms with Crippen molar-refractivity contribution in [3.63, 3.8) is 0 Å².